The highest BCUT2D eigenvalue weighted by Gasteiger charge is 2.21. The monoisotopic (exact) mass is 195 g/mol. The maximum absolute atomic E-state index is 3.79. The van der Waals surface area contributed by atoms with Crippen LogP contribution in [-0.2, 0) is 0 Å². The van der Waals surface area contributed by atoms with Crippen molar-refractivity contribution < 1.29 is 0 Å². The van der Waals surface area contributed by atoms with Crippen molar-refractivity contribution in [1.82, 2.24) is 5.32 Å². The van der Waals surface area contributed by atoms with E-state index in [1.807, 2.05) is 6.08 Å². The van der Waals surface area contributed by atoms with Crippen LogP contribution in [0.4, 0.5) is 0 Å². The van der Waals surface area contributed by atoms with Gasteiger partial charge in [0.2, 0.25) is 0 Å². The first kappa shape index (κ1) is 11.8. The minimum atomic E-state index is 0.780. The lowest BCUT2D eigenvalue weighted by Crippen LogP contribution is -2.32. The molecule has 1 saturated carbocycles. The average Bonchev–Trinajstić information content (AvgIpc) is 2.43. The molecule has 1 fully saturated rings. The van der Waals surface area contributed by atoms with Crippen molar-refractivity contribution in [2.24, 2.45) is 5.92 Å². The summed E-state index contributed by atoms with van der Waals surface area (Å²) in [5.74, 6) is 0.919. The average molecular weight is 195 g/mol. The van der Waals surface area contributed by atoms with Crippen LogP contribution in [0, 0.1) is 5.92 Å². The third kappa shape index (κ3) is 3.83. The molecule has 14 heavy (non-hydrogen) atoms. The summed E-state index contributed by atoms with van der Waals surface area (Å²) in [5.41, 5.74) is 0. The first-order valence-corrected chi connectivity index (χ1v) is 6.16. The first-order chi connectivity index (χ1) is 6.88. The Hall–Kier alpha value is -0.300. The van der Waals surface area contributed by atoms with Crippen LogP contribution in [-0.4, -0.2) is 13.1 Å². The van der Waals surface area contributed by atoms with Crippen molar-refractivity contribution in [2.75, 3.05) is 7.05 Å². The molecule has 0 aromatic rings. The van der Waals surface area contributed by atoms with Crippen LogP contribution in [0.2, 0.25) is 0 Å². The van der Waals surface area contributed by atoms with Crippen LogP contribution in [0.5, 0.6) is 0 Å². The van der Waals surface area contributed by atoms with Crippen LogP contribution in [0.15, 0.2) is 12.7 Å². The van der Waals surface area contributed by atoms with E-state index in [1.165, 1.54) is 51.4 Å². The number of nitrogens with one attached hydrogen (secondary N) is 1. The largest absolute Gasteiger partial charge is 0.317 e. The number of unbranched alkanes of at least 4 members (excludes halogenated alkanes) is 1. The smallest absolute Gasteiger partial charge is 0.00923 e. The molecule has 2 unspecified atom stereocenters. The summed E-state index contributed by atoms with van der Waals surface area (Å²) in [6.45, 7) is 3.79. The third-order valence-electron chi connectivity index (χ3n) is 3.51. The van der Waals surface area contributed by atoms with E-state index in [4.69, 9.17) is 0 Å². The second kappa shape index (κ2) is 7.05. The zero-order valence-corrected chi connectivity index (χ0v) is 9.60. The van der Waals surface area contributed by atoms with Gasteiger partial charge in [-0.3, -0.25) is 0 Å². The van der Waals surface area contributed by atoms with Gasteiger partial charge in [-0.25, -0.2) is 0 Å². The topological polar surface area (TPSA) is 12.0 Å². The van der Waals surface area contributed by atoms with Crippen molar-refractivity contribution in [3.05, 3.63) is 12.7 Å². The molecule has 0 aromatic heterocycles. The molecular weight excluding hydrogens is 170 g/mol. The van der Waals surface area contributed by atoms with Crippen LogP contribution in [0.25, 0.3) is 0 Å². The van der Waals surface area contributed by atoms with Crippen LogP contribution < -0.4 is 5.32 Å². The second-order valence-electron chi connectivity index (χ2n) is 4.51. The van der Waals surface area contributed by atoms with E-state index in [0.29, 0.717) is 0 Å². The number of allylic oxidation sites excluding steroid dienone is 1. The van der Waals surface area contributed by atoms with Gasteiger partial charge in [0.1, 0.15) is 0 Å². The fraction of sp³-hybridized carbons (Fsp3) is 0.846. The van der Waals surface area contributed by atoms with Crippen LogP contribution in [0.1, 0.15) is 51.4 Å². The summed E-state index contributed by atoms with van der Waals surface area (Å²) in [6, 6.07) is 0.780. The van der Waals surface area contributed by atoms with Crippen molar-refractivity contribution in [1.29, 1.82) is 0 Å². The fourth-order valence-corrected chi connectivity index (χ4v) is 2.63. The molecule has 1 aliphatic carbocycles. The van der Waals surface area contributed by atoms with Crippen molar-refractivity contribution in [3.8, 4) is 0 Å². The highest BCUT2D eigenvalue weighted by molar-refractivity contribution is 4.79. The minimum absolute atomic E-state index is 0.780. The van der Waals surface area contributed by atoms with Crippen LogP contribution in [0.3, 0.4) is 0 Å². The Bertz CT molecular complexity index is 153. The Morgan fingerprint density at radius 2 is 2.07 bits per heavy atom. The molecule has 0 aliphatic heterocycles. The van der Waals surface area contributed by atoms with Gasteiger partial charge in [-0.1, -0.05) is 25.3 Å². The van der Waals surface area contributed by atoms with E-state index in [1.54, 1.807) is 0 Å². The van der Waals surface area contributed by atoms with Gasteiger partial charge in [0, 0.05) is 6.04 Å². The van der Waals surface area contributed by atoms with E-state index in [2.05, 4.69) is 18.9 Å². The predicted octanol–water partition coefficient (Wildman–Crippen LogP) is 3.51. The standard InChI is InChI=1S/C13H25N/c1-3-4-6-9-12-10-7-5-8-11-13(12)14-2/h3,12-14H,1,4-11H2,2H3. The molecule has 1 N–H and O–H groups in total. The molecule has 0 radical (unpaired) electrons. The maximum atomic E-state index is 3.79. The van der Waals surface area contributed by atoms with E-state index >= 15 is 0 Å². The molecule has 0 bridgehead atoms. The lowest BCUT2D eigenvalue weighted by molar-refractivity contribution is 0.326. The third-order valence-corrected chi connectivity index (χ3v) is 3.51. The first-order valence-electron chi connectivity index (χ1n) is 6.16. The zero-order chi connectivity index (χ0) is 10.2. The van der Waals surface area contributed by atoms with Gasteiger partial charge in [0.15, 0.2) is 0 Å². The molecule has 0 heterocycles. The van der Waals surface area contributed by atoms with Crippen molar-refractivity contribution in [3.63, 3.8) is 0 Å². The van der Waals surface area contributed by atoms with E-state index in [-0.39, 0.29) is 0 Å². The molecule has 82 valence electrons. The number of hydrogen-bond acceptors (Lipinski definition) is 1. The Morgan fingerprint density at radius 3 is 2.79 bits per heavy atom. The quantitative estimate of drug-likeness (QED) is 0.402. The lowest BCUT2D eigenvalue weighted by Gasteiger charge is -2.24. The fourth-order valence-electron chi connectivity index (χ4n) is 2.63. The van der Waals surface area contributed by atoms with Gasteiger partial charge < -0.3 is 5.32 Å². The molecule has 0 aromatic carbocycles. The number of hydrogen-bond donors (Lipinski definition) is 1. The molecule has 1 aliphatic rings. The minimum Gasteiger partial charge on any atom is -0.317 e. The summed E-state index contributed by atoms with van der Waals surface area (Å²) in [4.78, 5) is 0. The molecule has 0 saturated heterocycles. The molecule has 1 nitrogen and oxygen atoms in total. The second-order valence-corrected chi connectivity index (χ2v) is 4.51. The molecule has 1 heteroatoms. The summed E-state index contributed by atoms with van der Waals surface area (Å²) in [6.07, 6.45) is 13.1. The van der Waals surface area contributed by atoms with Crippen molar-refractivity contribution in [2.45, 2.75) is 57.4 Å². The Kier molecular flexibility index (Phi) is 5.93. The van der Waals surface area contributed by atoms with Gasteiger partial charge >= 0.3 is 0 Å². The van der Waals surface area contributed by atoms with Crippen LogP contribution >= 0.6 is 0 Å². The Morgan fingerprint density at radius 1 is 1.29 bits per heavy atom. The van der Waals surface area contributed by atoms with Crippen molar-refractivity contribution >= 4 is 0 Å². The van der Waals surface area contributed by atoms with Gasteiger partial charge in [0.05, 0.1) is 0 Å². The molecule has 1 rings (SSSR count). The normalized spacial score (nSPS) is 28.4. The highest BCUT2D eigenvalue weighted by Crippen LogP contribution is 2.27. The van der Waals surface area contributed by atoms with Gasteiger partial charge in [-0.05, 0) is 45.1 Å². The summed E-state index contributed by atoms with van der Waals surface area (Å²) < 4.78 is 0. The molecule has 0 amide bonds. The predicted molar refractivity (Wildman–Crippen MR) is 63.5 cm³/mol. The van der Waals surface area contributed by atoms with Gasteiger partial charge in [-0.2, -0.15) is 0 Å². The van der Waals surface area contributed by atoms with E-state index in [9.17, 15) is 0 Å². The van der Waals surface area contributed by atoms with Gasteiger partial charge in [-0.15, -0.1) is 6.58 Å². The van der Waals surface area contributed by atoms with Gasteiger partial charge in [0.25, 0.3) is 0 Å². The summed E-state index contributed by atoms with van der Waals surface area (Å²) in [5, 5.41) is 3.50. The lowest BCUT2D eigenvalue weighted by atomic mass is 9.90. The summed E-state index contributed by atoms with van der Waals surface area (Å²) in [7, 11) is 2.12. The maximum Gasteiger partial charge on any atom is 0.00923 e. The Balaban J connectivity index is 2.31. The number of rotatable bonds is 5. The van der Waals surface area contributed by atoms with E-state index < -0.39 is 0 Å². The SMILES string of the molecule is C=CCCCC1CCCCCC1NC. The molecular formula is C13H25N. The molecule has 0 spiro atoms. The van der Waals surface area contributed by atoms with E-state index in [0.717, 1.165) is 12.0 Å². The summed E-state index contributed by atoms with van der Waals surface area (Å²) >= 11 is 0. The highest BCUT2D eigenvalue weighted by atomic mass is 14.9. The molecule has 2 atom stereocenters. The Labute approximate surface area is 89.0 Å². The zero-order valence-electron chi connectivity index (χ0n) is 9.60.